The minimum atomic E-state index is -0.261. The second kappa shape index (κ2) is 11.5. The van der Waals surface area contributed by atoms with Crippen LogP contribution in [0.1, 0.15) is 56.5 Å². The van der Waals surface area contributed by atoms with E-state index in [1.165, 1.54) is 0 Å². The van der Waals surface area contributed by atoms with Crippen molar-refractivity contribution >= 4 is 11.9 Å². The number of guanidine groups is 1. The number of benzene rings is 1. The third kappa shape index (κ3) is 8.34. The van der Waals surface area contributed by atoms with Crippen molar-refractivity contribution in [1.29, 1.82) is 0 Å². The van der Waals surface area contributed by atoms with Crippen molar-refractivity contribution in [3.8, 4) is 0 Å². The van der Waals surface area contributed by atoms with Gasteiger partial charge in [0.15, 0.2) is 5.96 Å². The first-order chi connectivity index (χ1) is 12.4. The van der Waals surface area contributed by atoms with Gasteiger partial charge < -0.3 is 20.7 Å². The van der Waals surface area contributed by atoms with Gasteiger partial charge in [-0.25, -0.2) is 4.99 Å². The molecule has 0 fully saturated rings. The molecular formula is C20H34N4O2. The lowest BCUT2D eigenvalue weighted by atomic mass is 10.1. The fraction of sp³-hybridized carbons (Fsp3) is 0.600. The topological polar surface area (TPSA) is 74.8 Å². The molecule has 3 N–H and O–H groups in total. The minimum absolute atomic E-state index is 0.0229. The number of carbonyl (C=O) groups excluding carboxylic acids is 1. The van der Waals surface area contributed by atoms with Crippen LogP contribution < -0.4 is 16.0 Å². The number of rotatable bonds is 10. The zero-order chi connectivity index (χ0) is 19.4. The molecule has 146 valence electrons. The van der Waals surface area contributed by atoms with Gasteiger partial charge in [0.25, 0.3) is 5.91 Å². The number of amides is 1. The Morgan fingerprint density at radius 1 is 1.12 bits per heavy atom. The molecule has 6 nitrogen and oxygen atoms in total. The van der Waals surface area contributed by atoms with Gasteiger partial charge in [-0.15, -0.1) is 0 Å². The largest absolute Gasteiger partial charge is 0.377 e. The maximum atomic E-state index is 12.0. The Kier molecular flexibility index (Phi) is 9.73. The third-order valence-corrected chi connectivity index (χ3v) is 4.03. The molecule has 1 aromatic carbocycles. The third-order valence-electron chi connectivity index (χ3n) is 4.03. The molecule has 0 atom stereocenters. The van der Waals surface area contributed by atoms with Crippen molar-refractivity contribution in [2.24, 2.45) is 4.99 Å². The van der Waals surface area contributed by atoms with Crippen molar-refractivity contribution in [2.45, 2.75) is 52.7 Å². The molecule has 26 heavy (non-hydrogen) atoms. The normalized spacial score (nSPS) is 12.0. The highest BCUT2D eigenvalue weighted by Gasteiger charge is 2.16. The Morgan fingerprint density at radius 2 is 1.81 bits per heavy atom. The van der Waals surface area contributed by atoms with Crippen LogP contribution >= 0.6 is 0 Å². The number of hydrogen-bond acceptors (Lipinski definition) is 3. The average Bonchev–Trinajstić information content (AvgIpc) is 2.64. The highest BCUT2D eigenvalue weighted by atomic mass is 16.5. The fourth-order valence-electron chi connectivity index (χ4n) is 2.12. The molecule has 1 aromatic rings. The van der Waals surface area contributed by atoms with E-state index in [9.17, 15) is 4.79 Å². The summed E-state index contributed by atoms with van der Waals surface area (Å²) >= 11 is 0. The molecule has 0 radical (unpaired) electrons. The summed E-state index contributed by atoms with van der Waals surface area (Å²) in [4.78, 5) is 16.6. The molecule has 0 spiro atoms. The van der Waals surface area contributed by atoms with Gasteiger partial charge in [-0.3, -0.25) is 4.79 Å². The monoisotopic (exact) mass is 362 g/mol. The number of nitrogens with zero attached hydrogens (tertiary/aromatic N) is 1. The number of unbranched alkanes of at least 4 members (excludes halogenated alkanes) is 1. The second-order valence-electron chi connectivity index (χ2n) is 6.82. The molecular weight excluding hydrogens is 328 g/mol. The van der Waals surface area contributed by atoms with Crippen LogP contribution in [0.2, 0.25) is 0 Å². The summed E-state index contributed by atoms with van der Waals surface area (Å²) in [6.45, 7) is 10.9. The molecule has 0 heterocycles. The number of ether oxygens (including phenoxy) is 1. The van der Waals surface area contributed by atoms with E-state index in [1.54, 1.807) is 7.11 Å². The van der Waals surface area contributed by atoms with Gasteiger partial charge >= 0.3 is 0 Å². The predicted molar refractivity (Wildman–Crippen MR) is 108 cm³/mol. The number of aliphatic imine (C=N–C) groups is 1. The maximum Gasteiger partial charge on any atom is 0.251 e. The Hall–Kier alpha value is -2.08. The Labute approximate surface area is 157 Å². The van der Waals surface area contributed by atoms with E-state index in [0.29, 0.717) is 18.7 Å². The smallest absolute Gasteiger partial charge is 0.251 e. The lowest BCUT2D eigenvalue weighted by Gasteiger charge is -2.24. The van der Waals surface area contributed by atoms with Crippen LogP contribution in [0.25, 0.3) is 0 Å². The van der Waals surface area contributed by atoms with E-state index in [-0.39, 0.29) is 11.5 Å². The lowest BCUT2D eigenvalue weighted by molar-refractivity contribution is 0.0268. The van der Waals surface area contributed by atoms with E-state index in [4.69, 9.17) is 4.74 Å². The molecule has 0 bridgehead atoms. The summed E-state index contributed by atoms with van der Waals surface area (Å²) in [5, 5.41) is 9.44. The molecule has 0 aromatic heterocycles. The first-order valence-electron chi connectivity index (χ1n) is 9.36. The van der Waals surface area contributed by atoms with Crippen LogP contribution in [0, 0.1) is 0 Å². The van der Waals surface area contributed by atoms with Crippen LogP contribution in [-0.2, 0) is 11.3 Å². The van der Waals surface area contributed by atoms with Gasteiger partial charge in [0.2, 0.25) is 0 Å². The maximum absolute atomic E-state index is 12.0. The lowest BCUT2D eigenvalue weighted by Crippen LogP contribution is -2.45. The minimum Gasteiger partial charge on any atom is -0.377 e. The SMILES string of the molecule is CCCCNC(=O)c1ccc(CN=C(NCC)NCC(C)(C)OC)cc1. The van der Waals surface area contributed by atoms with E-state index < -0.39 is 0 Å². The van der Waals surface area contributed by atoms with Crippen LogP contribution in [0.4, 0.5) is 0 Å². The molecule has 0 aliphatic carbocycles. The van der Waals surface area contributed by atoms with Crippen LogP contribution in [0.5, 0.6) is 0 Å². The van der Waals surface area contributed by atoms with Gasteiger partial charge in [-0.05, 0) is 44.9 Å². The van der Waals surface area contributed by atoms with Gasteiger partial charge in [0.1, 0.15) is 0 Å². The quantitative estimate of drug-likeness (QED) is 0.340. The Balaban J connectivity index is 2.62. The number of carbonyl (C=O) groups is 1. The van der Waals surface area contributed by atoms with Crippen molar-refractivity contribution in [1.82, 2.24) is 16.0 Å². The van der Waals surface area contributed by atoms with Gasteiger partial charge in [-0.2, -0.15) is 0 Å². The Bertz CT molecular complexity index is 568. The fourth-order valence-corrected chi connectivity index (χ4v) is 2.12. The summed E-state index contributed by atoms with van der Waals surface area (Å²) in [6.07, 6.45) is 2.07. The predicted octanol–water partition coefficient (Wildman–Crippen LogP) is 2.70. The zero-order valence-electron chi connectivity index (χ0n) is 16.8. The van der Waals surface area contributed by atoms with Crippen molar-refractivity contribution < 1.29 is 9.53 Å². The zero-order valence-corrected chi connectivity index (χ0v) is 16.8. The van der Waals surface area contributed by atoms with Crippen LogP contribution in [0.3, 0.4) is 0 Å². The Morgan fingerprint density at radius 3 is 2.38 bits per heavy atom. The van der Waals surface area contributed by atoms with Crippen LogP contribution in [0.15, 0.2) is 29.3 Å². The summed E-state index contributed by atoms with van der Waals surface area (Å²) in [5.74, 6) is 0.726. The molecule has 1 amide bonds. The molecule has 0 aliphatic rings. The summed E-state index contributed by atoms with van der Waals surface area (Å²) < 4.78 is 5.42. The van der Waals surface area contributed by atoms with E-state index in [2.05, 4.69) is 27.9 Å². The second-order valence-corrected chi connectivity index (χ2v) is 6.82. The van der Waals surface area contributed by atoms with E-state index >= 15 is 0 Å². The number of nitrogens with one attached hydrogen (secondary N) is 3. The van der Waals surface area contributed by atoms with Crippen molar-refractivity contribution in [3.05, 3.63) is 35.4 Å². The van der Waals surface area contributed by atoms with Crippen molar-refractivity contribution in [3.63, 3.8) is 0 Å². The highest BCUT2D eigenvalue weighted by Crippen LogP contribution is 2.07. The van der Waals surface area contributed by atoms with Gasteiger partial charge in [-0.1, -0.05) is 25.5 Å². The molecule has 0 saturated carbocycles. The summed E-state index contributed by atoms with van der Waals surface area (Å²) in [7, 11) is 1.70. The molecule has 0 aliphatic heterocycles. The van der Waals surface area contributed by atoms with Crippen LogP contribution in [-0.4, -0.2) is 44.2 Å². The number of methoxy groups -OCH3 is 1. The summed E-state index contributed by atoms with van der Waals surface area (Å²) in [6, 6.07) is 7.59. The average molecular weight is 363 g/mol. The number of hydrogen-bond donors (Lipinski definition) is 3. The molecule has 6 heteroatoms. The molecule has 0 saturated heterocycles. The molecule has 0 unspecified atom stereocenters. The molecule has 1 rings (SSSR count). The van der Waals surface area contributed by atoms with Gasteiger partial charge in [0, 0.05) is 32.3 Å². The first kappa shape index (κ1) is 22.0. The van der Waals surface area contributed by atoms with Crippen molar-refractivity contribution in [2.75, 3.05) is 26.7 Å². The summed E-state index contributed by atoms with van der Waals surface area (Å²) in [5.41, 5.74) is 1.47. The highest BCUT2D eigenvalue weighted by molar-refractivity contribution is 5.94. The van der Waals surface area contributed by atoms with E-state index in [1.807, 2.05) is 45.0 Å². The van der Waals surface area contributed by atoms with Gasteiger partial charge in [0.05, 0.1) is 12.1 Å². The van der Waals surface area contributed by atoms with E-state index in [0.717, 1.165) is 37.5 Å². The first-order valence-corrected chi connectivity index (χ1v) is 9.36. The standard InChI is InChI=1S/C20H34N4O2/c1-6-8-13-22-18(25)17-11-9-16(10-12-17)14-23-19(21-7-2)24-15-20(3,4)26-5/h9-12H,6-8,13-15H2,1-5H3,(H,22,25)(H2,21,23,24).